The monoisotopic (exact) mass is 226 g/mol. The Hall–Kier alpha value is -1.83. The fraction of sp³-hybridized carbons (Fsp3) is 0.267. The molecule has 2 heteroatoms. The Kier molecular flexibility index (Phi) is 3.14. The number of rotatable bonds is 2. The van der Waals surface area contributed by atoms with Crippen molar-refractivity contribution >= 4 is 5.82 Å². The molecular weight excluding hydrogens is 208 g/mol. The lowest BCUT2D eigenvalue weighted by atomic mass is 9.94. The summed E-state index contributed by atoms with van der Waals surface area (Å²) in [6.07, 6.45) is 2.59. The van der Waals surface area contributed by atoms with Gasteiger partial charge in [-0.05, 0) is 49.1 Å². The highest BCUT2D eigenvalue weighted by molar-refractivity contribution is 5.46. The van der Waals surface area contributed by atoms with Crippen LogP contribution in [0.5, 0.6) is 0 Å². The Bertz CT molecular complexity index is 521. The largest absolute Gasteiger partial charge is 0.383 e. The Morgan fingerprint density at radius 1 is 1.12 bits per heavy atom. The molecule has 0 fully saturated rings. The average Bonchev–Trinajstić information content (AvgIpc) is 2.25. The summed E-state index contributed by atoms with van der Waals surface area (Å²) in [7, 11) is 0. The van der Waals surface area contributed by atoms with Crippen molar-refractivity contribution in [2.24, 2.45) is 0 Å². The first-order valence-electron chi connectivity index (χ1n) is 5.84. The van der Waals surface area contributed by atoms with Crippen LogP contribution in [0.1, 0.15) is 27.8 Å². The fourth-order valence-electron chi connectivity index (χ4n) is 2.28. The summed E-state index contributed by atoms with van der Waals surface area (Å²) in [5, 5.41) is 0. The zero-order chi connectivity index (χ0) is 12.4. The number of benzene rings is 1. The second kappa shape index (κ2) is 4.58. The standard InChI is InChI=1S/C15H18N2/c1-10-7-11(2)14(12(3)8-10)9-13-5-4-6-17-15(13)16/h4-8H,9H2,1-3H3,(H2,16,17). The number of anilines is 1. The molecule has 0 radical (unpaired) electrons. The summed E-state index contributed by atoms with van der Waals surface area (Å²) in [5.74, 6) is 0.631. The molecule has 1 heterocycles. The van der Waals surface area contributed by atoms with Crippen molar-refractivity contribution in [2.45, 2.75) is 27.2 Å². The van der Waals surface area contributed by atoms with E-state index in [1.54, 1.807) is 6.20 Å². The SMILES string of the molecule is Cc1cc(C)c(Cc2cccnc2N)c(C)c1. The molecule has 0 aliphatic carbocycles. The van der Waals surface area contributed by atoms with Gasteiger partial charge in [0.15, 0.2) is 0 Å². The van der Waals surface area contributed by atoms with E-state index in [-0.39, 0.29) is 0 Å². The van der Waals surface area contributed by atoms with E-state index in [1.165, 1.54) is 22.3 Å². The Morgan fingerprint density at radius 3 is 2.35 bits per heavy atom. The van der Waals surface area contributed by atoms with E-state index >= 15 is 0 Å². The van der Waals surface area contributed by atoms with Crippen molar-refractivity contribution in [1.82, 2.24) is 4.98 Å². The maximum absolute atomic E-state index is 5.89. The first kappa shape index (κ1) is 11.6. The van der Waals surface area contributed by atoms with Gasteiger partial charge in [0, 0.05) is 12.6 Å². The predicted octanol–water partition coefficient (Wildman–Crippen LogP) is 3.18. The summed E-state index contributed by atoms with van der Waals surface area (Å²) in [6.45, 7) is 6.44. The molecular formula is C15H18N2. The maximum atomic E-state index is 5.89. The minimum absolute atomic E-state index is 0.631. The van der Waals surface area contributed by atoms with Crippen LogP contribution >= 0.6 is 0 Å². The average molecular weight is 226 g/mol. The summed E-state index contributed by atoms with van der Waals surface area (Å²) in [6, 6.07) is 8.41. The molecule has 0 bridgehead atoms. The Morgan fingerprint density at radius 2 is 1.76 bits per heavy atom. The Balaban J connectivity index is 2.40. The summed E-state index contributed by atoms with van der Waals surface area (Å²) < 4.78 is 0. The van der Waals surface area contributed by atoms with Crippen LogP contribution in [0, 0.1) is 20.8 Å². The summed E-state index contributed by atoms with van der Waals surface area (Å²) in [4.78, 5) is 4.13. The number of aryl methyl sites for hydroxylation is 3. The van der Waals surface area contributed by atoms with Crippen molar-refractivity contribution in [1.29, 1.82) is 0 Å². The van der Waals surface area contributed by atoms with Crippen molar-refractivity contribution in [3.05, 3.63) is 58.3 Å². The number of nitrogen functional groups attached to an aromatic ring is 1. The van der Waals surface area contributed by atoms with Gasteiger partial charge in [0.25, 0.3) is 0 Å². The van der Waals surface area contributed by atoms with E-state index in [0.717, 1.165) is 12.0 Å². The van der Waals surface area contributed by atoms with Crippen LogP contribution in [-0.4, -0.2) is 4.98 Å². The summed E-state index contributed by atoms with van der Waals surface area (Å²) in [5.41, 5.74) is 12.3. The highest BCUT2D eigenvalue weighted by Crippen LogP contribution is 2.21. The lowest BCUT2D eigenvalue weighted by molar-refractivity contribution is 1.10. The molecule has 1 aromatic heterocycles. The van der Waals surface area contributed by atoms with Crippen molar-refractivity contribution in [3.63, 3.8) is 0 Å². The molecule has 88 valence electrons. The molecule has 2 rings (SSSR count). The third kappa shape index (κ3) is 2.47. The lowest BCUT2D eigenvalue weighted by Gasteiger charge is -2.12. The van der Waals surface area contributed by atoms with Gasteiger partial charge in [-0.1, -0.05) is 23.8 Å². The molecule has 0 amide bonds. The zero-order valence-electron chi connectivity index (χ0n) is 10.6. The first-order chi connectivity index (χ1) is 8.08. The molecule has 0 saturated heterocycles. The minimum atomic E-state index is 0.631. The van der Waals surface area contributed by atoms with Gasteiger partial charge in [0.05, 0.1) is 0 Å². The van der Waals surface area contributed by atoms with Crippen LogP contribution in [0.3, 0.4) is 0 Å². The van der Waals surface area contributed by atoms with E-state index in [1.807, 2.05) is 12.1 Å². The van der Waals surface area contributed by atoms with Gasteiger partial charge in [-0.2, -0.15) is 0 Å². The number of aromatic nitrogens is 1. The van der Waals surface area contributed by atoms with Crippen LogP contribution in [-0.2, 0) is 6.42 Å². The topological polar surface area (TPSA) is 38.9 Å². The molecule has 0 unspecified atom stereocenters. The van der Waals surface area contributed by atoms with Gasteiger partial charge in [-0.25, -0.2) is 4.98 Å². The van der Waals surface area contributed by atoms with Gasteiger partial charge >= 0.3 is 0 Å². The predicted molar refractivity (Wildman–Crippen MR) is 72.1 cm³/mol. The number of nitrogens with two attached hydrogens (primary N) is 1. The van der Waals surface area contributed by atoms with Gasteiger partial charge in [-0.3, -0.25) is 0 Å². The molecule has 0 saturated carbocycles. The van der Waals surface area contributed by atoms with Gasteiger partial charge in [0.2, 0.25) is 0 Å². The third-order valence-electron chi connectivity index (χ3n) is 3.13. The van der Waals surface area contributed by atoms with Crippen molar-refractivity contribution < 1.29 is 0 Å². The van der Waals surface area contributed by atoms with Crippen LogP contribution in [0.4, 0.5) is 5.82 Å². The van der Waals surface area contributed by atoms with Crippen LogP contribution in [0.25, 0.3) is 0 Å². The van der Waals surface area contributed by atoms with Gasteiger partial charge in [-0.15, -0.1) is 0 Å². The number of nitrogens with zero attached hydrogens (tertiary/aromatic N) is 1. The smallest absolute Gasteiger partial charge is 0.126 e. The van der Waals surface area contributed by atoms with E-state index in [9.17, 15) is 0 Å². The number of hydrogen-bond acceptors (Lipinski definition) is 2. The number of hydrogen-bond donors (Lipinski definition) is 1. The minimum Gasteiger partial charge on any atom is -0.383 e. The fourth-order valence-corrected chi connectivity index (χ4v) is 2.28. The third-order valence-corrected chi connectivity index (χ3v) is 3.13. The first-order valence-corrected chi connectivity index (χ1v) is 5.84. The normalized spacial score (nSPS) is 10.5. The van der Waals surface area contributed by atoms with E-state index < -0.39 is 0 Å². The molecule has 0 aliphatic rings. The Labute approximate surface area is 103 Å². The summed E-state index contributed by atoms with van der Waals surface area (Å²) >= 11 is 0. The van der Waals surface area contributed by atoms with Crippen LogP contribution in [0.15, 0.2) is 30.5 Å². The molecule has 2 N–H and O–H groups in total. The van der Waals surface area contributed by atoms with Crippen LogP contribution < -0.4 is 5.73 Å². The molecule has 2 nitrogen and oxygen atoms in total. The van der Waals surface area contributed by atoms with Gasteiger partial charge < -0.3 is 5.73 Å². The lowest BCUT2D eigenvalue weighted by Crippen LogP contribution is -2.01. The van der Waals surface area contributed by atoms with Gasteiger partial charge in [0.1, 0.15) is 5.82 Å². The molecule has 1 aromatic carbocycles. The maximum Gasteiger partial charge on any atom is 0.126 e. The van der Waals surface area contributed by atoms with E-state index in [2.05, 4.69) is 37.9 Å². The second-order valence-corrected chi connectivity index (χ2v) is 4.60. The van der Waals surface area contributed by atoms with Crippen molar-refractivity contribution in [3.8, 4) is 0 Å². The number of pyridine rings is 1. The molecule has 0 aliphatic heterocycles. The molecule has 0 spiro atoms. The van der Waals surface area contributed by atoms with Crippen molar-refractivity contribution in [2.75, 3.05) is 5.73 Å². The zero-order valence-corrected chi connectivity index (χ0v) is 10.6. The van der Waals surface area contributed by atoms with E-state index in [4.69, 9.17) is 5.73 Å². The molecule has 2 aromatic rings. The quantitative estimate of drug-likeness (QED) is 0.854. The highest BCUT2D eigenvalue weighted by atomic mass is 14.8. The molecule has 0 atom stereocenters. The van der Waals surface area contributed by atoms with Crippen LogP contribution in [0.2, 0.25) is 0 Å². The second-order valence-electron chi connectivity index (χ2n) is 4.60. The molecule has 17 heavy (non-hydrogen) atoms. The highest BCUT2D eigenvalue weighted by Gasteiger charge is 2.07. The van der Waals surface area contributed by atoms with E-state index in [0.29, 0.717) is 5.82 Å².